The fraction of sp³-hybridized carbons (Fsp3) is 0.520. The predicted molar refractivity (Wildman–Crippen MR) is 122 cm³/mol. The van der Waals surface area contributed by atoms with Gasteiger partial charge in [-0.05, 0) is 55.4 Å². The maximum Gasteiger partial charge on any atom is 0.347 e. The summed E-state index contributed by atoms with van der Waals surface area (Å²) < 4.78 is 14.6. The number of hydrogen-bond acceptors (Lipinski definition) is 4. The number of likely N-dealkylation sites (tertiary alicyclic amines) is 2. The summed E-state index contributed by atoms with van der Waals surface area (Å²) in [5, 5.41) is 0. The molecule has 2 aliphatic rings. The fourth-order valence-corrected chi connectivity index (χ4v) is 5.17. The van der Waals surface area contributed by atoms with Crippen LogP contribution in [0.3, 0.4) is 0 Å². The van der Waals surface area contributed by atoms with Crippen molar-refractivity contribution in [2.75, 3.05) is 19.6 Å². The largest absolute Gasteiger partial charge is 0.347 e. The lowest BCUT2D eigenvalue weighted by Gasteiger charge is -2.38. The summed E-state index contributed by atoms with van der Waals surface area (Å²) in [5.74, 6) is 0.132. The Bertz CT molecular complexity index is 1060. The Kier molecular flexibility index (Phi) is 6.63. The molecule has 0 radical (unpaired) electrons. The second-order valence-corrected chi connectivity index (χ2v) is 9.73. The van der Waals surface area contributed by atoms with Gasteiger partial charge in [0.15, 0.2) is 0 Å². The molecule has 4 rings (SSSR count). The lowest BCUT2D eigenvalue weighted by Crippen LogP contribution is -2.48. The first kappa shape index (κ1) is 23.1. The molecule has 3 heterocycles. The molecule has 1 spiro atoms. The minimum Gasteiger partial charge on any atom is -0.341 e. The van der Waals surface area contributed by atoms with Crippen molar-refractivity contribution < 1.29 is 14.0 Å². The lowest BCUT2D eigenvalue weighted by atomic mass is 9.75. The highest BCUT2D eigenvalue weighted by atomic mass is 19.1. The standard InChI is InChI=1S/C25H31FN4O3/c1-18(2)16-30-21(14-19-4-6-20(26)7-5-19)15-25(23(30)32)8-12-28(13-9-25)22(31)17-29-11-3-10-27-24(29)33/h3-7,10-11,18,21H,8-9,12-17H2,1-2H3/t21-/m0/s1. The van der Waals surface area contributed by atoms with Crippen LogP contribution in [0.25, 0.3) is 0 Å². The van der Waals surface area contributed by atoms with E-state index in [1.165, 1.54) is 22.9 Å². The Morgan fingerprint density at radius 2 is 1.88 bits per heavy atom. The molecule has 1 aromatic carbocycles. The second-order valence-electron chi connectivity index (χ2n) is 9.73. The molecule has 2 aliphatic heterocycles. The Hall–Kier alpha value is -3.03. The lowest BCUT2D eigenvalue weighted by molar-refractivity contribution is -0.143. The van der Waals surface area contributed by atoms with Gasteiger partial charge in [-0.15, -0.1) is 0 Å². The molecule has 2 amide bonds. The van der Waals surface area contributed by atoms with Crippen LogP contribution in [0, 0.1) is 17.2 Å². The van der Waals surface area contributed by atoms with Gasteiger partial charge >= 0.3 is 5.69 Å². The molecule has 0 saturated carbocycles. The predicted octanol–water partition coefficient (Wildman–Crippen LogP) is 2.49. The molecule has 2 saturated heterocycles. The maximum atomic E-state index is 13.6. The van der Waals surface area contributed by atoms with Crippen LogP contribution in [-0.2, 0) is 22.6 Å². The van der Waals surface area contributed by atoms with E-state index in [-0.39, 0.29) is 30.2 Å². The summed E-state index contributed by atoms with van der Waals surface area (Å²) in [6.07, 6.45) is 5.66. The van der Waals surface area contributed by atoms with Crippen molar-refractivity contribution in [1.29, 1.82) is 0 Å². The smallest absolute Gasteiger partial charge is 0.341 e. The quantitative estimate of drug-likeness (QED) is 0.672. The molecule has 1 atom stereocenters. The highest BCUT2D eigenvalue weighted by molar-refractivity contribution is 5.86. The first-order valence-corrected chi connectivity index (χ1v) is 11.6. The summed E-state index contributed by atoms with van der Waals surface area (Å²) in [6.45, 7) is 5.86. The van der Waals surface area contributed by atoms with Gasteiger partial charge in [0.05, 0.1) is 5.41 Å². The minimum atomic E-state index is -0.457. The molecular formula is C25H31FN4O3. The zero-order valence-corrected chi connectivity index (χ0v) is 19.2. The van der Waals surface area contributed by atoms with E-state index in [2.05, 4.69) is 18.8 Å². The van der Waals surface area contributed by atoms with Gasteiger partial charge in [-0.2, -0.15) is 0 Å². The van der Waals surface area contributed by atoms with Gasteiger partial charge in [0.1, 0.15) is 12.4 Å². The molecule has 33 heavy (non-hydrogen) atoms. The number of piperidine rings is 1. The number of rotatable bonds is 6. The molecule has 1 aromatic heterocycles. The van der Waals surface area contributed by atoms with E-state index >= 15 is 0 Å². The van der Waals surface area contributed by atoms with Crippen LogP contribution in [0.2, 0.25) is 0 Å². The summed E-state index contributed by atoms with van der Waals surface area (Å²) in [7, 11) is 0. The Morgan fingerprint density at radius 3 is 2.52 bits per heavy atom. The van der Waals surface area contributed by atoms with E-state index < -0.39 is 11.1 Å². The van der Waals surface area contributed by atoms with Gasteiger partial charge in [-0.1, -0.05) is 26.0 Å². The zero-order valence-electron chi connectivity index (χ0n) is 19.2. The van der Waals surface area contributed by atoms with E-state index in [9.17, 15) is 18.8 Å². The van der Waals surface area contributed by atoms with Crippen LogP contribution < -0.4 is 5.69 Å². The van der Waals surface area contributed by atoms with E-state index in [1.54, 1.807) is 29.3 Å². The van der Waals surface area contributed by atoms with Gasteiger partial charge in [-0.3, -0.25) is 14.2 Å². The van der Waals surface area contributed by atoms with Gasteiger partial charge in [0.2, 0.25) is 11.8 Å². The van der Waals surface area contributed by atoms with Crippen molar-refractivity contribution in [3.63, 3.8) is 0 Å². The number of amides is 2. The van der Waals surface area contributed by atoms with Crippen LogP contribution in [0.5, 0.6) is 0 Å². The number of carbonyl (C=O) groups is 2. The average Bonchev–Trinajstić information content (AvgIpc) is 3.02. The van der Waals surface area contributed by atoms with Crippen molar-refractivity contribution in [2.24, 2.45) is 11.3 Å². The van der Waals surface area contributed by atoms with Crippen LogP contribution >= 0.6 is 0 Å². The average molecular weight is 455 g/mol. The highest BCUT2D eigenvalue weighted by Gasteiger charge is 2.52. The Morgan fingerprint density at radius 1 is 1.18 bits per heavy atom. The summed E-state index contributed by atoms with van der Waals surface area (Å²) in [5.41, 5.74) is 0.120. The summed E-state index contributed by atoms with van der Waals surface area (Å²) >= 11 is 0. The van der Waals surface area contributed by atoms with Crippen molar-refractivity contribution in [3.8, 4) is 0 Å². The summed E-state index contributed by atoms with van der Waals surface area (Å²) in [6, 6.07) is 8.21. The molecule has 7 nitrogen and oxygen atoms in total. The summed E-state index contributed by atoms with van der Waals surface area (Å²) in [4.78, 5) is 45.6. The number of benzene rings is 1. The van der Waals surface area contributed by atoms with Gasteiger partial charge in [-0.25, -0.2) is 14.2 Å². The molecule has 0 aliphatic carbocycles. The van der Waals surface area contributed by atoms with Crippen LogP contribution in [-0.4, -0.2) is 56.8 Å². The number of halogens is 1. The first-order valence-electron chi connectivity index (χ1n) is 11.6. The third-order valence-electron chi connectivity index (χ3n) is 6.89. The maximum absolute atomic E-state index is 13.6. The monoisotopic (exact) mass is 454 g/mol. The van der Waals surface area contributed by atoms with Gasteiger partial charge in [0, 0.05) is 38.1 Å². The van der Waals surface area contributed by atoms with Crippen molar-refractivity contribution in [3.05, 3.63) is 64.6 Å². The molecule has 8 heteroatoms. The third-order valence-corrected chi connectivity index (χ3v) is 6.89. The number of carbonyl (C=O) groups excluding carboxylic acids is 2. The molecule has 2 aromatic rings. The highest BCUT2D eigenvalue weighted by Crippen LogP contribution is 2.45. The Labute approximate surface area is 193 Å². The SMILES string of the molecule is CC(C)CN1C(=O)C2(CCN(C(=O)Cn3cccnc3=O)CC2)C[C@@H]1Cc1ccc(F)cc1. The van der Waals surface area contributed by atoms with Gasteiger partial charge in [0.25, 0.3) is 0 Å². The molecule has 176 valence electrons. The zero-order chi connectivity index (χ0) is 23.6. The van der Waals surface area contributed by atoms with Gasteiger partial charge < -0.3 is 9.80 Å². The third kappa shape index (κ3) is 4.99. The van der Waals surface area contributed by atoms with Crippen LogP contribution in [0.1, 0.15) is 38.7 Å². The number of nitrogens with zero attached hydrogens (tertiary/aromatic N) is 4. The topological polar surface area (TPSA) is 75.5 Å². The van der Waals surface area contributed by atoms with Crippen LogP contribution in [0.4, 0.5) is 4.39 Å². The number of aromatic nitrogens is 2. The fourth-order valence-electron chi connectivity index (χ4n) is 5.17. The van der Waals surface area contributed by atoms with Crippen molar-refractivity contribution in [1.82, 2.24) is 19.4 Å². The molecule has 0 bridgehead atoms. The first-order chi connectivity index (χ1) is 15.8. The minimum absolute atomic E-state index is 0.0414. The molecule has 0 N–H and O–H groups in total. The van der Waals surface area contributed by atoms with Crippen molar-refractivity contribution in [2.45, 2.75) is 52.1 Å². The van der Waals surface area contributed by atoms with E-state index in [4.69, 9.17) is 0 Å². The van der Waals surface area contributed by atoms with E-state index in [0.717, 1.165) is 12.0 Å². The molecule has 2 fully saturated rings. The molecular weight excluding hydrogens is 423 g/mol. The van der Waals surface area contributed by atoms with E-state index in [0.29, 0.717) is 44.8 Å². The van der Waals surface area contributed by atoms with Crippen molar-refractivity contribution >= 4 is 11.8 Å². The van der Waals surface area contributed by atoms with Crippen LogP contribution in [0.15, 0.2) is 47.5 Å². The normalized spacial score (nSPS) is 20.1. The van der Waals surface area contributed by atoms with E-state index in [1.807, 2.05) is 4.90 Å². The molecule has 0 unspecified atom stereocenters. The number of hydrogen-bond donors (Lipinski definition) is 0. The second kappa shape index (κ2) is 9.45. The Balaban J connectivity index is 1.44.